The molecule has 0 saturated heterocycles. The molecule has 3 rings (SSSR count). The summed E-state index contributed by atoms with van der Waals surface area (Å²) < 4.78 is 14.1. The lowest BCUT2D eigenvalue weighted by Crippen LogP contribution is -2.23. The minimum Gasteiger partial charge on any atom is -0.297 e. The summed E-state index contributed by atoms with van der Waals surface area (Å²) in [4.78, 5) is 29.4. The standard InChI is InChI=1S/C17H14FN5O2S2/c1-10-21-22-16(27-10)20-15(25)8-7-12-9-26-17(19-12)23(11(2)24)14-6-4-3-5-13(14)18/h3-9H,1-2H3,(H,20,22,25)/b8-7+. The molecule has 1 aromatic carbocycles. The number of anilines is 3. The Kier molecular flexibility index (Phi) is 5.67. The molecule has 3 aromatic rings. The van der Waals surface area contributed by atoms with E-state index >= 15 is 0 Å². The fourth-order valence-corrected chi connectivity index (χ4v) is 3.59. The average Bonchev–Trinajstić information content (AvgIpc) is 3.24. The second kappa shape index (κ2) is 8.14. The predicted octanol–water partition coefficient (Wildman–Crippen LogP) is 3.78. The third-order valence-corrected chi connectivity index (χ3v) is 4.87. The van der Waals surface area contributed by atoms with Crippen molar-refractivity contribution in [3.63, 3.8) is 0 Å². The van der Waals surface area contributed by atoms with Gasteiger partial charge >= 0.3 is 0 Å². The highest BCUT2D eigenvalue weighted by Gasteiger charge is 2.20. The Labute approximate surface area is 162 Å². The van der Waals surface area contributed by atoms with E-state index in [4.69, 9.17) is 0 Å². The average molecular weight is 403 g/mol. The lowest BCUT2D eigenvalue weighted by Gasteiger charge is -2.18. The normalized spacial score (nSPS) is 10.9. The third-order valence-electron chi connectivity index (χ3n) is 3.27. The fourth-order valence-electron chi connectivity index (χ4n) is 2.15. The largest absolute Gasteiger partial charge is 0.297 e. The number of carbonyl (C=O) groups is 2. The van der Waals surface area contributed by atoms with Gasteiger partial charge in [0.1, 0.15) is 10.8 Å². The second-order valence-electron chi connectivity index (χ2n) is 5.31. The van der Waals surface area contributed by atoms with Crippen LogP contribution in [0.15, 0.2) is 35.7 Å². The number of para-hydroxylation sites is 1. The predicted molar refractivity (Wildman–Crippen MR) is 104 cm³/mol. The van der Waals surface area contributed by atoms with Crippen molar-refractivity contribution in [2.75, 3.05) is 10.2 Å². The van der Waals surface area contributed by atoms with Crippen molar-refractivity contribution in [3.8, 4) is 0 Å². The molecule has 10 heteroatoms. The molecule has 7 nitrogen and oxygen atoms in total. The van der Waals surface area contributed by atoms with Crippen LogP contribution in [0, 0.1) is 12.7 Å². The molecule has 2 amide bonds. The summed E-state index contributed by atoms with van der Waals surface area (Å²) in [5, 5.41) is 13.4. The van der Waals surface area contributed by atoms with Gasteiger partial charge in [-0.2, -0.15) is 0 Å². The summed E-state index contributed by atoms with van der Waals surface area (Å²) in [6.07, 6.45) is 2.81. The highest BCUT2D eigenvalue weighted by atomic mass is 32.1. The zero-order valence-electron chi connectivity index (χ0n) is 14.3. The lowest BCUT2D eigenvalue weighted by molar-refractivity contribution is -0.116. The SMILES string of the molecule is CC(=O)N(c1nc(/C=C/C(=O)Nc2nnc(C)s2)cs1)c1ccccc1F. The monoisotopic (exact) mass is 403 g/mol. The number of thiazole rings is 1. The lowest BCUT2D eigenvalue weighted by atomic mass is 10.3. The molecule has 27 heavy (non-hydrogen) atoms. The van der Waals surface area contributed by atoms with E-state index in [0.29, 0.717) is 16.0 Å². The van der Waals surface area contributed by atoms with Crippen molar-refractivity contribution in [2.24, 2.45) is 0 Å². The molecule has 1 N–H and O–H groups in total. The summed E-state index contributed by atoms with van der Waals surface area (Å²) in [5.74, 6) is -1.26. The molecule has 138 valence electrons. The maximum absolute atomic E-state index is 14.1. The van der Waals surface area contributed by atoms with E-state index in [0.717, 1.165) is 5.01 Å². The van der Waals surface area contributed by atoms with Crippen molar-refractivity contribution in [3.05, 3.63) is 52.2 Å². The van der Waals surface area contributed by atoms with Crippen LogP contribution in [-0.2, 0) is 9.59 Å². The van der Waals surface area contributed by atoms with Crippen LogP contribution in [0.25, 0.3) is 6.08 Å². The minimum absolute atomic E-state index is 0.124. The molecule has 0 aliphatic carbocycles. The van der Waals surface area contributed by atoms with Gasteiger partial charge in [0.15, 0.2) is 5.13 Å². The number of aryl methyl sites for hydroxylation is 1. The van der Waals surface area contributed by atoms with Crippen molar-refractivity contribution < 1.29 is 14.0 Å². The zero-order valence-corrected chi connectivity index (χ0v) is 16.0. The van der Waals surface area contributed by atoms with Crippen LogP contribution in [-0.4, -0.2) is 27.0 Å². The fraction of sp³-hybridized carbons (Fsp3) is 0.118. The molecule has 0 bridgehead atoms. The van der Waals surface area contributed by atoms with E-state index in [-0.39, 0.29) is 17.5 Å². The first-order valence-electron chi connectivity index (χ1n) is 7.74. The van der Waals surface area contributed by atoms with Gasteiger partial charge in [-0.3, -0.25) is 19.8 Å². The highest BCUT2D eigenvalue weighted by Crippen LogP contribution is 2.30. The molecule has 2 heterocycles. The van der Waals surface area contributed by atoms with Crippen molar-refractivity contribution >= 4 is 56.5 Å². The van der Waals surface area contributed by atoms with Crippen LogP contribution in [0.1, 0.15) is 17.6 Å². The molecular weight excluding hydrogens is 389 g/mol. The van der Waals surface area contributed by atoms with Crippen LogP contribution in [0.3, 0.4) is 0 Å². The molecule has 0 aliphatic heterocycles. The number of nitrogens with one attached hydrogen (secondary N) is 1. The Morgan fingerprint density at radius 3 is 2.70 bits per heavy atom. The third kappa shape index (κ3) is 4.60. The van der Waals surface area contributed by atoms with E-state index < -0.39 is 5.82 Å². The topological polar surface area (TPSA) is 88.1 Å². The Bertz CT molecular complexity index is 1010. The molecule has 0 radical (unpaired) electrons. The zero-order chi connectivity index (χ0) is 19.4. The Morgan fingerprint density at radius 2 is 2.04 bits per heavy atom. The van der Waals surface area contributed by atoms with Crippen molar-refractivity contribution in [1.82, 2.24) is 15.2 Å². The van der Waals surface area contributed by atoms with Gasteiger partial charge in [-0.05, 0) is 25.1 Å². The summed E-state index contributed by atoms with van der Waals surface area (Å²) in [5.41, 5.74) is 0.598. The first-order valence-corrected chi connectivity index (χ1v) is 9.43. The molecule has 0 atom stereocenters. The Morgan fingerprint density at radius 1 is 1.26 bits per heavy atom. The van der Waals surface area contributed by atoms with Crippen molar-refractivity contribution in [1.29, 1.82) is 0 Å². The van der Waals surface area contributed by atoms with Gasteiger partial charge < -0.3 is 0 Å². The van der Waals surface area contributed by atoms with Gasteiger partial charge in [0.25, 0.3) is 0 Å². The molecule has 0 saturated carbocycles. The number of aromatic nitrogens is 3. The van der Waals surface area contributed by atoms with E-state index in [2.05, 4.69) is 20.5 Å². The number of benzene rings is 1. The number of hydrogen-bond donors (Lipinski definition) is 1. The highest BCUT2D eigenvalue weighted by molar-refractivity contribution is 7.15. The van der Waals surface area contributed by atoms with Crippen LogP contribution < -0.4 is 10.2 Å². The van der Waals surface area contributed by atoms with Gasteiger partial charge in [-0.1, -0.05) is 23.5 Å². The van der Waals surface area contributed by atoms with Gasteiger partial charge in [-0.25, -0.2) is 9.37 Å². The quantitative estimate of drug-likeness (QED) is 0.655. The molecule has 2 aromatic heterocycles. The van der Waals surface area contributed by atoms with Gasteiger partial charge in [0, 0.05) is 18.4 Å². The Hall–Kier alpha value is -2.98. The number of carbonyl (C=O) groups excluding carboxylic acids is 2. The maximum Gasteiger partial charge on any atom is 0.250 e. The van der Waals surface area contributed by atoms with Crippen LogP contribution in [0.2, 0.25) is 0 Å². The van der Waals surface area contributed by atoms with Crippen LogP contribution in [0.5, 0.6) is 0 Å². The summed E-state index contributed by atoms with van der Waals surface area (Å²) >= 11 is 2.44. The van der Waals surface area contributed by atoms with Crippen LogP contribution in [0.4, 0.5) is 20.3 Å². The summed E-state index contributed by atoms with van der Waals surface area (Å²) in [6, 6.07) is 5.97. The Balaban J connectivity index is 1.75. The van der Waals surface area contributed by atoms with Crippen LogP contribution >= 0.6 is 22.7 Å². The molecule has 0 fully saturated rings. The summed E-state index contributed by atoms with van der Waals surface area (Å²) in [7, 11) is 0. The molecule has 0 unspecified atom stereocenters. The van der Waals surface area contributed by atoms with Gasteiger partial charge in [0.05, 0.1) is 11.4 Å². The van der Waals surface area contributed by atoms with E-state index in [1.807, 2.05) is 0 Å². The number of rotatable bonds is 5. The van der Waals surface area contributed by atoms with E-state index in [1.54, 1.807) is 24.4 Å². The number of hydrogen-bond acceptors (Lipinski definition) is 7. The van der Waals surface area contributed by atoms with Gasteiger partial charge in [0.2, 0.25) is 16.9 Å². The maximum atomic E-state index is 14.1. The first kappa shape index (κ1) is 18.8. The number of halogens is 1. The number of nitrogens with zero attached hydrogens (tertiary/aromatic N) is 4. The first-order chi connectivity index (χ1) is 12.9. The number of amides is 2. The van der Waals surface area contributed by atoms with E-state index in [9.17, 15) is 14.0 Å². The minimum atomic E-state index is -0.522. The van der Waals surface area contributed by atoms with Gasteiger partial charge in [-0.15, -0.1) is 21.5 Å². The molecule has 0 aliphatic rings. The van der Waals surface area contributed by atoms with E-state index in [1.165, 1.54) is 58.8 Å². The van der Waals surface area contributed by atoms with Crippen molar-refractivity contribution in [2.45, 2.75) is 13.8 Å². The second-order valence-corrected chi connectivity index (χ2v) is 7.33. The smallest absolute Gasteiger partial charge is 0.250 e. The molecular formula is C17H14FN5O2S2. The summed E-state index contributed by atoms with van der Waals surface area (Å²) in [6.45, 7) is 3.12. The molecule has 0 spiro atoms.